The maximum atomic E-state index is 12.7. The van der Waals surface area contributed by atoms with E-state index < -0.39 is 0 Å². The second-order valence-corrected chi connectivity index (χ2v) is 6.10. The molecule has 0 aromatic carbocycles. The van der Waals surface area contributed by atoms with Crippen LogP contribution >= 0.6 is 0 Å². The molecule has 1 saturated heterocycles. The van der Waals surface area contributed by atoms with E-state index in [0.717, 1.165) is 48.4 Å². The quantitative estimate of drug-likeness (QED) is 0.927. The number of carbonyl (C=O) groups is 1. The molecule has 1 aliphatic heterocycles. The molecule has 5 heteroatoms. The fraction of sp³-hybridized carbons (Fsp3) is 0.647. The highest BCUT2D eigenvalue weighted by Gasteiger charge is 2.27. The van der Waals surface area contributed by atoms with Crippen LogP contribution in [-0.4, -0.2) is 42.2 Å². The summed E-state index contributed by atoms with van der Waals surface area (Å²) in [5.74, 6) is 0. The summed E-state index contributed by atoms with van der Waals surface area (Å²) in [5, 5.41) is 3.07. The van der Waals surface area contributed by atoms with Crippen molar-refractivity contribution in [2.45, 2.75) is 52.5 Å². The lowest BCUT2D eigenvalue weighted by Gasteiger charge is -2.36. The average molecular weight is 305 g/mol. The maximum absolute atomic E-state index is 12.7. The number of nitrogens with zero attached hydrogens (tertiary/aromatic N) is 2. The van der Waals surface area contributed by atoms with E-state index in [9.17, 15) is 4.79 Å². The molecular weight excluding hydrogens is 278 g/mol. The minimum Gasteiger partial charge on any atom is -0.385 e. The van der Waals surface area contributed by atoms with Gasteiger partial charge in [0.05, 0.1) is 11.4 Å². The highest BCUT2D eigenvalue weighted by molar-refractivity contribution is 5.91. The summed E-state index contributed by atoms with van der Waals surface area (Å²) in [4.78, 5) is 19.1. The van der Waals surface area contributed by atoms with Crippen LogP contribution in [0, 0.1) is 20.8 Å². The zero-order valence-corrected chi connectivity index (χ0v) is 14.1. The zero-order chi connectivity index (χ0) is 16.1. The number of aryl methyl sites for hydroxylation is 3. The number of carbonyl (C=O) groups excluding carboxylic acids is 1. The third-order valence-electron chi connectivity index (χ3n) is 4.30. The standard InChI is InChI=1S/C17H27N3O2/c1-12-11-13(2)18-14(3)16(12)19-17(21)20-9-6-5-7-15(20)8-10-22-4/h11,15H,5-10H2,1-4H3,(H,19,21)/t15-/m0/s1. The first-order chi connectivity index (χ1) is 10.5. The Kier molecular flexibility index (Phi) is 5.77. The van der Waals surface area contributed by atoms with Gasteiger partial charge in [0.1, 0.15) is 0 Å². The predicted molar refractivity (Wildman–Crippen MR) is 88.3 cm³/mol. The van der Waals surface area contributed by atoms with E-state index in [1.807, 2.05) is 31.7 Å². The summed E-state index contributed by atoms with van der Waals surface area (Å²) in [6.45, 7) is 7.43. The van der Waals surface area contributed by atoms with Crippen molar-refractivity contribution >= 4 is 11.7 Å². The minimum absolute atomic E-state index is 0.0161. The maximum Gasteiger partial charge on any atom is 0.322 e. The van der Waals surface area contributed by atoms with Gasteiger partial charge >= 0.3 is 6.03 Å². The van der Waals surface area contributed by atoms with Crippen molar-refractivity contribution in [2.75, 3.05) is 25.6 Å². The number of pyridine rings is 1. The SMILES string of the molecule is COCC[C@@H]1CCCCN1C(=O)Nc1c(C)cc(C)nc1C. The van der Waals surface area contributed by atoms with E-state index in [1.54, 1.807) is 7.11 Å². The van der Waals surface area contributed by atoms with Crippen molar-refractivity contribution in [2.24, 2.45) is 0 Å². The van der Waals surface area contributed by atoms with Crippen molar-refractivity contribution in [3.8, 4) is 0 Å². The number of methoxy groups -OCH3 is 1. The summed E-state index contributed by atoms with van der Waals surface area (Å²) < 4.78 is 5.17. The zero-order valence-electron chi connectivity index (χ0n) is 14.1. The number of aromatic nitrogens is 1. The molecule has 0 spiro atoms. The molecule has 2 heterocycles. The van der Waals surface area contributed by atoms with E-state index in [0.29, 0.717) is 6.61 Å². The molecule has 5 nitrogen and oxygen atoms in total. The van der Waals surface area contributed by atoms with Gasteiger partial charge in [-0.3, -0.25) is 4.98 Å². The Labute approximate surface area is 133 Å². The van der Waals surface area contributed by atoms with Crippen molar-refractivity contribution in [3.63, 3.8) is 0 Å². The van der Waals surface area contributed by atoms with Crippen molar-refractivity contribution in [1.82, 2.24) is 9.88 Å². The highest BCUT2D eigenvalue weighted by atomic mass is 16.5. The summed E-state index contributed by atoms with van der Waals surface area (Å²) >= 11 is 0. The van der Waals surface area contributed by atoms with Crippen LogP contribution in [-0.2, 0) is 4.74 Å². The van der Waals surface area contributed by atoms with E-state index >= 15 is 0 Å². The molecule has 0 bridgehead atoms. The van der Waals surface area contributed by atoms with Gasteiger partial charge in [-0.1, -0.05) is 0 Å². The molecule has 2 rings (SSSR count). The number of rotatable bonds is 4. The average Bonchev–Trinajstić information content (AvgIpc) is 2.48. The number of hydrogen-bond donors (Lipinski definition) is 1. The van der Waals surface area contributed by atoms with Gasteiger partial charge in [-0.2, -0.15) is 0 Å². The second kappa shape index (κ2) is 7.58. The molecule has 0 aliphatic carbocycles. The van der Waals surface area contributed by atoms with Gasteiger partial charge in [-0.15, -0.1) is 0 Å². The van der Waals surface area contributed by atoms with Gasteiger partial charge in [0.2, 0.25) is 0 Å². The van der Waals surface area contributed by atoms with Crippen LogP contribution in [0.5, 0.6) is 0 Å². The number of amides is 2. The van der Waals surface area contributed by atoms with Crippen LogP contribution in [0.15, 0.2) is 6.07 Å². The van der Waals surface area contributed by atoms with E-state index in [1.165, 1.54) is 6.42 Å². The Balaban J connectivity index is 2.10. The monoisotopic (exact) mass is 305 g/mol. The number of piperidine rings is 1. The molecule has 1 atom stereocenters. The molecule has 2 amide bonds. The fourth-order valence-electron chi connectivity index (χ4n) is 3.21. The highest BCUT2D eigenvalue weighted by Crippen LogP contribution is 2.23. The third-order valence-corrected chi connectivity index (χ3v) is 4.30. The lowest BCUT2D eigenvalue weighted by atomic mass is 10.00. The Morgan fingerprint density at radius 3 is 2.86 bits per heavy atom. The molecule has 122 valence electrons. The number of likely N-dealkylation sites (tertiary alicyclic amines) is 1. The Morgan fingerprint density at radius 2 is 2.18 bits per heavy atom. The summed E-state index contributed by atoms with van der Waals surface area (Å²) in [6, 6.07) is 2.26. The van der Waals surface area contributed by atoms with Crippen LogP contribution < -0.4 is 5.32 Å². The molecule has 1 aromatic heterocycles. The van der Waals surface area contributed by atoms with Crippen LogP contribution in [0.3, 0.4) is 0 Å². The van der Waals surface area contributed by atoms with Crippen LogP contribution in [0.2, 0.25) is 0 Å². The van der Waals surface area contributed by atoms with E-state index in [4.69, 9.17) is 4.74 Å². The van der Waals surface area contributed by atoms with Gasteiger partial charge in [0.15, 0.2) is 0 Å². The number of anilines is 1. The molecule has 1 aliphatic rings. The lowest BCUT2D eigenvalue weighted by Crippen LogP contribution is -2.46. The molecule has 0 unspecified atom stereocenters. The number of nitrogens with one attached hydrogen (secondary N) is 1. The first kappa shape index (κ1) is 16.7. The molecule has 22 heavy (non-hydrogen) atoms. The number of urea groups is 1. The predicted octanol–water partition coefficient (Wildman–Crippen LogP) is 3.43. The topological polar surface area (TPSA) is 54.5 Å². The first-order valence-corrected chi connectivity index (χ1v) is 8.04. The number of ether oxygens (including phenoxy) is 1. The molecule has 0 saturated carbocycles. The second-order valence-electron chi connectivity index (χ2n) is 6.10. The van der Waals surface area contributed by atoms with Gasteiger partial charge in [0.25, 0.3) is 0 Å². The molecule has 1 N–H and O–H groups in total. The Hall–Kier alpha value is -1.62. The van der Waals surface area contributed by atoms with Crippen molar-refractivity contribution < 1.29 is 9.53 Å². The smallest absolute Gasteiger partial charge is 0.322 e. The Morgan fingerprint density at radius 1 is 1.41 bits per heavy atom. The first-order valence-electron chi connectivity index (χ1n) is 8.04. The van der Waals surface area contributed by atoms with Gasteiger partial charge in [-0.05, 0) is 58.1 Å². The van der Waals surface area contributed by atoms with Crippen LogP contribution in [0.4, 0.5) is 10.5 Å². The third kappa shape index (κ3) is 3.97. The van der Waals surface area contributed by atoms with Gasteiger partial charge < -0.3 is 15.0 Å². The lowest BCUT2D eigenvalue weighted by molar-refractivity contribution is 0.123. The van der Waals surface area contributed by atoms with E-state index in [2.05, 4.69) is 10.3 Å². The van der Waals surface area contributed by atoms with Crippen LogP contribution in [0.25, 0.3) is 0 Å². The summed E-state index contributed by atoms with van der Waals surface area (Å²) in [7, 11) is 1.71. The normalized spacial score (nSPS) is 18.4. The van der Waals surface area contributed by atoms with Gasteiger partial charge in [-0.25, -0.2) is 4.79 Å². The van der Waals surface area contributed by atoms with Crippen molar-refractivity contribution in [1.29, 1.82) is 0 Å². The summed E-state index contributed by atoms with van der Waals surface area (Å²) in [6.07, 6.45) is 4.21. The molecule has 1 aromatic rings. The summed E-state index contributed by atoms with van der Waals surface area (Å²) in [5.41, 5.74) is 3.75. The van der Waals surface area contributed by atoms with Crippen LogP contribution in [0.1, 0.15) is 42.6 Å². The molecule has 1 fully saturated rings. The van der Waals surface area contributed by atoms with Gasteiger partial charge in [0, 0.05) is 32.0 Å². The molecular formula is C17H27N3O2. The van der Waals surface area contributed by atoms with E-state index in [-0.39, 0.29) is 12.1 Å². The van der Waals surface area contributed by atoms with Crippen molar-refractivity contribution in [3.05, 3.63) is 23.0 Å². The largest absolute Gasteiger partial charge is 0.385 e. The Bertz CT molecular complexity index is 508. The molecule has 0 radical (unpaired) electrons. The number of hydrogen-bond acceptors (Lipinski definition) is 3. The fourth-order valence-corrected chi connectivity index (χ4v) is 3.21. The minimum atomic E-state index is -0.0161.